The van der Waals surface area contributed by atoms with Gasteiger partial charge >= 0.3 is 0 Å². The van der Waals surface area contributed by atoms with Crippen molar-refractivity contribution in [2.45, 2.75) is 12.5 Å². The Kier molecular flexibility index (Phi) is 6.31. The minimum atomic E-state index is -0.169. The Morgan fingerprint density at radius 3 is 2.81 bits per heavy atom. The maximum atomic E-state index is 8.66. The first-order valence-corrected chi connectivity index (χ1v) is 6.23. The van der Waals surface area contributed by atoms with Gasteiger partial charge in [0.1, 0.15) is 0 Å². The minimum Gasteiger partial charge on any atom is -0.396 e. The number of nitrogens with two attached hydrogens (primary N) is 1. The molecule has 3 N–H and O–H groups in total. The maximum absolute atomic E-state index is 8.66. The maximum Gasteiger partial charge on any atom is 0.0947 e. The third-order valence-corrected chi connectivity index (χ3v) is 3.38. The van der Waals surface area contributed by atoms with Crippen molar-refractivity contribution in [1.82, 2.24) is 0 Å². The molecule has 0 aliphatic rings. The number of aliphatic hydroxyl groups is 1. The van der Waals surface area contributed by atoms with Crippen LogP contribution < -0.4 is 5.73 Å². The molecule has 0 aliphatic heterocycles. The van der Waals surface area contributed by atoms with Crippen LogP contribution in [-0.4, -0.2) is 24.9 Å². The van der Waals surface area contributed by atoms with Crippen LogP contribution in [0.25, 0.3) is 0 Å². The van der Waals surface area contributed by atoms with Crippen molar-refractivity contribution in [3.05, 3.63) is 33.3 Å². The Bertz CT molecular complexity index is 336. The predicted octanol–water partition coefficient (Wildman–Crippen LogP) is 2.50. The molecule has 0 bridgehead atoms. The first-order chi connectivity index (χ1) is 7.69. The fourth-order valence-corrected chi connectivity index (χ4v) is 1.74. The van der Waals surface area contributed by atoms with E-state index in [0.29, 0.717) is 24.6 Å². The Hall–Kier alpha value is -0.130. The molecule has 0 saturated carbocycles. The van der Waals surface area contributed by atoms with E-state index < -0.39 is 0 Å². The third-order valence-electron chi connectivity index (χ3n) is 2.15. The van der Waals surface area contributed by atoms with E-state index >= 15 is 0 Å². The van der Waals surface area contributed by atoms with Gasteiger partial charge in [-0.1, -0.05) is 17.7 Å². The highest BCUT2D eigenvalue weighted by atomic mass is 79.9. The van der Waals surface area contributed by atoms with Gasteiger partial charge < -0.3 is 15.6 Å². The van der Waals surface area contributed by atoms with Gasteiger partial charge in [-0.15, -0.1) is 0 Å². The van der Waals surface area contributed by atoms with Crippen LogP contribution in [0.1, 0.15) is 18.1 Å². The smallest absolute Gasteiger partial charge is 0.0947 e. The van der Waals surface area contributed by atoms with Crippen molar-refractivity contribution in [2.75, 3.05) is 19.8 Å². The highest BCUT2D eigenvalue weighted by Crippen LogP contribution is 2.27. The van der Waals surface area contributed by atoms with Crippen LogP contribution in [-0.2, 0) is 4.74 Å². The second kappa shape index (κ2) is 7.25. The molecule has 1 unspecified atom stereocenters. The summed E-state index contributed by atoms with van der Waals surface area (Å²) in [7, 11) is 0. The lowest BCUT2D eigenvalue weighted by Crippen LogP contribution is -2.16. The molecule has 0 aromatic heterocycles. The summed E-state index contributed by atoms with van der Waals surface area (Å²) in [6, 6.07) is 5.63. The van der Waals surface area contributed by atoms with Crippen LogP contribution in [0.4, 0.5) is 0 Å². The number of halogens is 2. The Labute approximate surface area is 109 Å². The van der Waals surface area contributed by atoms with E-state index in [4.69, 9.17) is 27.2 Å². The van der Waals surface area contributed by atoms with Crippen molar-refractivity contribution in [3.8, 4) is 0 Å². The van der Waals surface area contributed by atoms with E-state index in [-0.39, 0.29) is 12.7 Å². The molecule has 3 nitrogen and oxygen atoms in total. The average Bonchev–Trinajstić information content (AvgIpc) is 2.29. The van der Waals surface area contributed by atoms with Crippen molar-refractivity contribution < 1.29 is 9.84 Å². The van der Waals surface area contributed by atoms with Gasteiger partial charge in [0.2, 0.25) is 0 Å². The summed E-state index contributed by atoms with van der Waals surface area (Å²) in [6.45, 7) is 1.01. The molecule has 1 aromatic rings. The number of hydrogen-bond acceptors (Lipinski definition) is 3. The van der Waals surface area contributed by atoms with Gasteiger partial charge in [-0.2, -0.15) is 0 Å². The van der Waals surface area contributed by atoms with Crippen LogP contribution in [0.3, 0.4) is 0 Å². The van der Waals surface area contributed by atoms with E-state index in [0.717, 1.165) is 10.0 Å². The van der Waals surface area contributed by atoms with Crippen LogP contribution in [0.5, 0.6) is 0 Å². The number of hydrogen-bond donors (Lipinski definition) is 2. The number of rotatable bonds is 6. The Morgan fingerprint density at radius 1 is 1.50 bits per heavy atom. The summed E-state index contributed by atoms with van der Waals surface area (Å²) < 4.78 is 6.40. The number of aliphatic hydroxyl groups excluding tert-OH is 1. The molecule has 0 amide bonds. The van der Waals surface area contributed by atoms with Crippen LogP contribution >= 0.6 is 27.5 Å². The fourth-order valence-electron chi connectivity index (χ4n) is 1.30. The molecule has 0 fully saturated rings. The zero-order valence-electron chi connectivity index (χ0n) is 8.83. The second-order valence-electron chi connectivity index (χ2n) is 3.35. The molecule has 0 aliphatic carbocycles. The third kappa shape index (κ3) is 4.03. The van der Waals surface area contributed by atoms with Crippen molar-refractivity contribution in [3.63, 3.8) is 0 Å². The molecule has 0 spiro atoms. The standard InChI is InChI=1S/C11H15BrClNO2/c12-9-3-2-8(6-10(9)13)11(7-14)16-5-1-4-15/h2-3,6,11,15H,1,4-5,7,14H2. The predicted molar refractivity (Wildman–Crippen MR) is 68.6 cm³/mol. The lowest BCUT2D eigenvalue weighted by atomic mass is 10.1. The van der Waals surface area contributed by atoms with Gasteiger partial charge in [0, 0.05) is 24.2 Å². The fraction of sp³-hybridized carbons (Fsp3) is 0.455. The summed E-state index contributed by atoms with van der Waals surface area (Å²) in [5, 5.41) is 9.30. The normalized spacial score (nSPS) is 12.8. The summed E-state index contributed by atoms with van der Waals surface area (Å²) in [6.07, 6.45) is 0.443. The Balaban J connectivity index is 2.67. The van der Waals surface area contributed by atoms with Crippen molar-refractivity contribution >= 4 is 27.5 Å². The van der Waals surface area contributed by atoms with Gasteiger partial charge in [-0.05, 0) is 40.0 Å². The molecular formula is C11H15BrClNO2. The summed E-state index contributed by atoms with van der Waals surface area (Å²) in [5.41, 5.74) is 6.59. The van der Waals surface area contributed by atoms with E-state index in [2.05, 4.69) is 15.9 Å². The molecule has 0 saturated heterocycles. The molecular weight excluding hydrogens is 293 g/mol. The average molecular weight is 309 g/mol. The summed E-state index contributed by atoms with van der Waals surface area (Å²) >= 11 is 9.32. The van der Waals surface area contributed by atoms with Crippen LogP contribution in [0, 0.1) is 0 Å². The van der Waals surface area contributed by atoms with E-state index in [1.165, 1.54) is 0 Å². The van der Waals surface area contributed by atoms with Gasteiger partial charge in [0.05, 0.1) is 11.1 Å². The van der Waals surface area contributed by atoms with E-state index in [9.17, 15) is 0 Å². The van der Waals surface area contributed by atoms with E-state index in [1.54, 1.807) is 0 Å². The molecule has 16 heavy (non-hydrogen) atoms. The Morgan fingerprint density at radius 2 is 2.25 bits per heavy atom. The largest absolute Gasteiger partial charge is 0.396 e. The van der Waals surface area contributed by atoms with Gasteiger partial charge in [-0.3, -0.25) is 0 Å². The molecule has 0 heterocycles. The summed E-state index contributed by atoms with van der Waals surface area (Å²) in [5.74, 6) is 0. The quantitative estimate of drug-likeness (QED) is 0.794. The zero-order valence-corrected chi connectivity index (χ0v) is 11.2. The topological polar surface area (TPSA) is 55.5 Å². The monoisotopic (exact) mass is 307 g/mol. The van der Waals surface area contributed by atoms with Gasteiger partial charge in [-0.25, -0.2) is 0 Å². The number of benzene rings is 1. The highest BCUT2D eigenvalue weighted by molar-refractivity contribution is 9.10. The molecule has 1 aromatic carbocycles. The molecule has 1 rings (SSSR count). The molecule has 1 atom stereocenters. The lowest BCUT2D eigenvalue weighted by Gasteiger charge is -2.16. The number of ether oxygens (including phenoxy) is 1. The molecule has 90 valence electrons. The van der Waals surface area contributed by atoms with Crippen LogP contribution in [0.2, 0.25) is 5.02 Å². The van der Waals surface area contributed by atoms with Crippen molar-refractivity contribution in [2.24, 2.45) is 5.73 Å². The zero-order chi connectivity index (χ0) is 12.0. The van der Waals surface area contributed by atoms with Crippen molar-refractivity contribution in [1.29, 1.82) is 0 Å². The van der Waals surface area contributed by atoms with Gasteiger partial charge in [0.15, 0.2) is 0 Å². The van der Waals surface area contributed by atoms with E-state index in [1.807, 2.05) is 18.2 Å². The van der Waals surface area contributed by atoms with Gasteiger partial charge in [0.25, 0.3) is 0 Å². The lowest BCUT2D eigenvalue weighted by molar-refractivity contribution is 0.0488. The minimum absolute atomic E-state index is 0.123. The summed E-state index contributed by atoms with van der Waals surface area (Å²) in [4.78, 5) is 0. The highest BCUT2D eigenvalue weighted by Gasteiger charge is 2.11. The first kappa shape index (κ1) is 13.9. The molecule has 0 radical (unpaired) electrons. The second-order valence-corrected chi connectivity index (χ2v) is 4.61. The first-order valence-electron chi connectivity index (χ1n) is 5.06. The SMILES string of the molecule is NCC(OCCCO)c1ccc(Br)c(Cl)c1. The molecule has 5 heteroatoms. The van der Waals surface area contributed by atoms with Crippen LogP contribution in [0.15, 0.2) is 22.7 Å².